The minimum atomic E-state index is 0.419. The van der Waals surface area contributed by atoms with Crippen molar-refractivity contribution in [1.82, 2.24) is 10.2 Å². The van der Waals surface area contributed by atoms with Crippen molar-refractivity contribution < 1.29 is 0 Å². The monoisotopic (exact) mass is 266 g/mol. The van der Waals surface area contributed by atoms with Crippen molar-refractivity contribution >= 4 is 0 Å². The molecule has 2 aliphatic rings. The molecule has 2 saturated carbocycles. The lowest BCUT2D eigenvalue weighted by Gasteiger charge is -2.51. The SMILES string of the molecule is CNC(C1CCCCCC1)C1(N(C)C)CCCCC1. The van der Waals surface area contributed by atoms with E-state index in [0.717, 1.165) is 5.92 Å². The van der Waals surface area contributed by atoms with Crippen LogP contribution in [0, 0.1) is 5.92 Å². The molecule has 0 bridgehead atoms. The first kappa shape index (κ1) is 15.3. The van der Waals surface area contributed by atoms with Crippen LogP contribution in [-0.2, 0) is 0 Å². The quantitative estimate of drug-likeness (QED) is 0.778. The summed E-state index contributed by atoms with van der Waals surface area (Å²) in [4.78, 5) is 2.55. The van der Waals surface area contributed by atoms with E-state index in [4.69, 9.17) is 0 Å². The van der Waals surface area contributed by atoms with Gasteiger partial charge in [-0.1, -0.05) is 44.9 Å². The largest absolute Gasteiger partial charge is 0.315 e. The van der Waals surface area contributed by atoms with Crippen molar-refractivity contribution in [3.05, 3.63) is 0 Å². The first-order valence-corrected chi connectivity index (χ1v) is 8.55. The molecule has 1 N–H and O–H groups in total. The second kappa shape index (κ2) is 7.08. The van der Waals surface area contributed by atoms with Gasteiger partial charge in [0, 0.05) is 11.6 Å². The molecule has 0 radical (unpaired) electrons. The predicted octanol–water partition coefficient (Wildman–Crippen LogP) is 3.81. The molecule has 19 heavy (non-hydrogen) atoms. The Hall–Kier alpha value is -0.0800. The Balaban J connectivity index is 2.15. The zero-order valence-corrected chi connectivity index (χ0v) is 13.4. The third kappa shape index (κ3) is 3.33. The lowest BCUT2D eigenvalue weighted by molar-refractivity contribution is 0.0320. The van der Waals surface area contributed by atoms with Crippen LogP contribution in [0.1, 0.15) is 70.6 Å². The second-order valence-corrected chi connectivity index (χ2v) is 7.08. The molecular weight excluding hydrogens is 232 g/mol. The van der Waals surface area contributed by atoms with Crippen molar-refractivity contribution in [1.29, 1.82) is 0 Å². The Morgan fingerprint density at radius 2 is 1.42 bits per heavy atom. The molecule has 1 atom stereocenters. The normalized spacial score (nSPS) is 27.2. The molecule has 2 aliphatic carbocycles. The lowest BCUT2D eigenvalue weighted by atomic mass is 9.69. The van der Waals surface area contributed by atoms with E-state index in [-0.39, 0.29) is 0 Å². The van der Waals surface area contributed by atoms with Crippen molar-refractivity contribution in [3.8, 4) is 0 Å². The molecule has 0 aromatic rings. The van der Waals surface area contributed by atoms with Crippen LogP contribution in [0.25, 0.3) is 0 Å². The minimum Gasteiger partial charge on any atom is -0.315 e. The molecule has 1 unspecified atom stereocenters. The highest BCUT2D eigenvalue weighted by atomic mass is 15.2. The van der Waals surface area contributed by atoms with Gasteiger partial charge in [-0.2, -0.15) is 0 Å². The maximum Gasteiger partial charge on any atom is 0.0359 e. The zero-order chi connectivity index (χ0) is 13.7. The number of likely N-dealkylation sites (N-methyl/N-ethyl adjacent to an activating group) is 2. The smallest absolute Gasteiger partial charge is 0.0359 e. The molecule has 0 heterocycles. The van der Waals surface area contributed by atoms with Crippen LogP contribution >= 0.6 is 0 Å². The third-order valence-corrected chi connectivity index (χ3v) is 5.87. The summed E-state index contributed by atoms with van der Waals surface area (Å²) in [5, 5.41) is 3.75. The molecule has 0 aliphatic heterocycles. The van der Waals surface area contributed by atoms with Gasteiger partial charge in [0.2, 0.25) is 0 Å². The Labute approximate surface area is 120 Å². The van der Waals surface area contributed by atoms with Gasteiger partial charge in [-0.3, -0.25) is 0 Å². The second-order valence-electron chi connectivity index (χ2n) is 7.08. The van der Waals surface area contributed by atoms with Crippen molar-refractivity contribution in [2.75, 3.05) is 21.1 Å². The minimum absolute atomic E-state index is 0.419. The molecule has 2 heteroatoms. The van der Waals surface area contributed by atoms with Gasteiger partial charge in [-0.15, -0.1) is 0 Å². The van der Waals surface area contributed by atoms with Gasteiger partial charge in [0.25, 0.3) is 0 Å². The standard InChI is InChI=1S/C17H34N2/c1-18-16(15-11-7-4-5-8-12-15)17(19(2)3)13-9-6-10-14-17/h15-16,18H,4-14H2,1-3H3. The van der Waals surface area contributed by atoms with Gasteiger partial charge in [0.05, 0.1) is 0 Å². The van der Waals surface area contributed by atoms with E-state index in [1.807, 2.05) is 0 Å². The molecule has 0 spiro atoms. The Kier molecular flexibility index (Phi) is 5.70. The molecular formula is C17H34N2. The summed E-state index contributed by atoms with van der Waals surface area (Å²) < 4.78 is 0. The van der Waals surface area contributed by atoms with Gasteiger partial charge < -0.3 is 10.2 Å². The van der Waals surface area contributed by atoms with Crippen LogP contribution in [0.3, 0.4) is 0 Å². The fourth-order valence-corrected chi connectivity index (χ4v) is 4.79. The summed E-state index contributed by atoms with van der Waals surface area (Å²) in [6, 6.07) is 0.695. The Morgan fingerprint density at radius 3 is 1.89 bits per heavy atom. The zero-order valence-electron chi connectivity index (χ0n) is 13.4. The number of nitrogens with one attached hydrogen (secondary N) is 1. The summed E-state index contributed by atoms with van der Waals surface area (Å²) in [5.74, 6) is 0.896. The Bertz CT molecular complexity index is 248. The maximum atomic E-state index is 3.75. The maximum absolute atomic E-state index is 3.75. The average molecular weight is 266 g/mol. The molecule has 0 saturated heterocycles. The van der Waals surface area contributed by atoms with Gasteiger partial charge in [0.15, 0.2) is 0 Å². The summed E-state index contributed by atoms with van der Waals surface area (Å²) in [7, 11) is 6.83. The van der Waals surface area contributed by atoms with Crippen LogP contribution in [-0.4, -0.2) is 37.6 Å². The van der Waals surface area contributed by atoms with E-state index < -0.39 is 0 Å². The molecule has 0 amide bonds. The summed E-state index contributed by atoms with van der Waals surface area (Å²) in [6.07, 6.45) is 15.8. The van der Waals surface area contributed by atoms with Crippen LogP contribution in [0.2, 0.25) is 0 Å². The molecule has 112 valence electrons. The number of nitrogens with zero attached hydrogens (tertiary/aromatic N) is 1. The fourth-order valence-electron chi connectivity index (χ4n) is 4.79. The van der Waals surface area contributed by atoms with Gasteiger partial charge >= 0.3 is 0 Å². The van der Waals surface area contributed by atoms with Crippen LogP contribution in [0.5, 0.6) is 0 Å². The highest BCUT2D eigenvalue weighted by Gasteiger charge is 2.44. The van der Waals surface area contributed by atoms with E-state index in [2.05, 4.69) is 31.4 Å². The van der Waals surface area contributed by atoms with E-state index in [9.17, 15) is 0 Å². The van der Waals surface area contributed by atoms with Crippen molar-refractivity contribution in [3.63, 3.8) is 0 Å². The molecule has 2 fully saturated rings. The van der Waals surface area contributed by atoms with Crippen LogP contribution in [0.15, 0.2) is 0 Å². The van der Waals surface area contributed by atoms with Crippen LogP contribution in [0.4, 0.5) is 0 Å². The first-order chi connectivity index (χ1) is 9.20. The average Bonchev–Trinajstić information content (AvgIpc) is 2.69. The lowest BCUT2D eigenvalue weighted by Crippen LogP contribution is -2.62. The third-order valence-electron chi connectivity index (χ3n) is 5.87. The van der Waals surface area contributed by atoms with E-state index in [1.165, 1.54) is 70.6 Å². The number of rotatable bonds is 4. The van der Waals surface area contributed by atoms with Crippen LogP contribution < -0.4 is 5.32 Å². The first-order valence-electron chi connectivity index (χ1n) is 8.55. The number of hydrogen-bond acceptors (Lipinski definition) is 2. The van der Waals surface area contributed by atoms with Crippen molar-refractivity contribution in [2.24, 2.45) is 5.92 Å². The highest BCUT2D eigenvalue weighted by molar-refractivity contribution is 5.03. The Morgan fingerprint density at radius 1 is 0.895 bits per heavy atom. The topological polar surface area (TPSA) is 15.3 Å². The molecule has 2 rings (SSSR count). The summed E-state index contributed by atoms with van der Waals surface area (Å²) in [6.45, 7) is 0. The summed E-state index contributed by atoms with van der Waals surface area (Å²) >= 11 is 0. The highest BCUT2D eigenvalue weighted by Crippen LogP contribution is 2.40. The number of hydrogen-bond donors (Lipinski definition) is 1. The van der Waals surface area contributed by atoms with E-state index in [1.54, 1.807) is 0 Å². The van der Waals surface area contributed by atoms with Gasteiger partial charge in [-0.25, -0.2) is 0 Å². The van der Waals surface area contributed by atoms with Gasteiger partial charge in [0.1, 0.15) is 0 Å². The molecule has 0 aromatic carbocycles. The fraction of sp³-hybridized carbons (Fsp3) is 1.00. The molecule has 2 nitrogen and oxygen atoms in total. The van der Waals surface area contributed by atoms with E-state index >= 15 is 0 Å². The van der Waals surface area contributed by atoms with E-state index in [0.29, 0.717) is 11.6 Å². The van der Waals surface area contributed by atoms with Gasteiger partial charge in [-0.05, 0) is 52.7 Å². The predicted molar refractivity (Wildman–Crippen MR) is 83.5 cm³/mol. The van der Waals surface area contributed by atoms with Crippen molar-refractivity contribution in [2.45, 2.75) is 82.2 Å². The summed E-state index contributed by atoms with van der Waals surface area (Å²) in [5.41, 5.74) is 0.419. The molecule has 0 aromatic heterocycles.